The van der Waals surface area contributed by atoms with Crippen molar-refractivity contribution in [3.05, 3.63) is 0 Å². The first-order valence-corrected chi connectivity index (χ1v) is 0. The van der Waals surface area contributed by atoms with Crippen molar-refractivity contribution in [1.29, 1.82) is 0 Å². The van der Waals surface area contributed by atoms with Crippen molar-refractivity contribution in [2.75, 3.05) is 0 Å². The third kappa shape index (κ3) is 16.0. The van der Waals surface area contributed by atoms with Crippen LogP contribution in [0.2, 0.25) is 0 Å². The molecule has 0 heterocycles. The van der Waals surface area contributed by atoms with Gasteiger partial charge in [-0.15, -0.1) is 0 Å². The molecule has 0 rings (SSSR count). The quantitative estimate of drug-likeness (QED) is 0.355. The van der Waals surface area contributed by atoms with Gasteiger partial charge < -0.3 is 16.4 Å². The van der Waals surface area contributed by atoms with Crippen LogP contribution in [0.3, 0.4) is 0 Å². The van der Waals surface area contributed by atoms with Crippen LogP contribution in [0.15, 0.2) is 0 Å². The first-order valence-electron chi connectivity index (χ1n) is 0. The Labute approximate surface area is 41.4 Å². The minimum atomic E-state index is 0. The maximum absolute atomic E-state index is 0. The Morgan fingerprint density at radius 1 is 0.500 bits per heavy atom. The maximum Gasteiger partial charge on any atom is 3.00 e. The van der Waals surface area contributed by atoms with Crippen LogP contribution in [0, 0.1) is 0 Å². The van der Waals surface area contributed by atoms with Crippen molar-refractivity contribution >= 4 is 24.4 Å². The Bertz CT molecular complexity index is 3.25. The maximum atomic E-state index is 0. The molecular formula is H6O3Sb+3. The summed E-state index contributed by atoms with van der Waals surface area (Å²) in [6.07, 6.45) is 0. The van der Waals surface area contributed by atoms with Crippen molar-refractivity contribution in [3.63, 3.8) is 0 Å². The van der Waals surface area contributed by atoms with Crippen molar-refractivity contribution in [1.82, 2.24) is 0 Å². The molecule has 2 radical (unpaired) electrons. The topological polar surface area (TPSA) is 94.5 Å². The van der Waals surface area contributed by atoms with E-state index in [4.69, 9.17) is 0 Å². The van der Waals surface area contributed by atoms with E-state index in [1.165, 1.54) is 0 Å². The van der Waals surface area contributed by atoms with Crippen LogP contribution >= 0.6 is 0 Å². The van der Waals surface area contributed by atoms with E-state index in [1.54, 1.807) is 0 Å². The van der Waals surface area contributed by atoms with Gasteiger partial charge in [-0.2, -0.15) is 0 Å². The fourth-order valence-electron chi connectivity index (χ4n) is 0. The largest absolute Gasteiger partial charge is 3.00 e. The van der Waals surface area contributed by atoms with E-state index in [1.807, 2.05) is 0 Å². The fraction of sp³-hybridized carbons (Fsp3) is 0. The molecule has 0 aliphatic heterocycles. The third-order valence-electron chi connectivity index (χ3n) is 0. The minimum Gasteiger partial charge on any atom is -0.412 e. The molecule has 0 aliphatic carbocycles. The molecule has 0 aliphatic rings. The van der Waals surface area contributed by atoms with Gasteiger partial charge in [0.2, 0.25) is 0 Å². The molecule has 6 N–H and O–H groups in total. The molecule has 0 spiro atoms. The van der Waals surface area contributed by atoms with Gasteiger partial charge in [-0.3, -0.25) is 0 Å². The predicted molar refractivity (Wildman–Crippen MR) is 16.6 cm³/mol. The van der Waals surface area contributed by atoms with E-state index < -0.39 is 0 Å². The summed E-state index contributed by atoms with van der Waals surface area (Å²) in [6.45, 7) is 0. The summed E-state index contributed by atoms with van der Waals surface area (Å²) in [7, 11) is 0. The molecule has 0 amide bonds. The Hall–Kier alpha value is 0.698. The summed E-state index contributed by atoms with van der Waals surface area (Å²) in [5.74, 6) is 0. The average Bonchev–Trinajstić information content (AvgIpc) is 0. The van der Waals surface area contributed by atoms with Crippen LogP contribution in [0.4, 0.5) is 0 Å². The number of rotatable bonds is 0. The second-order valence-electron chi connectivity index (χ2n) is 0. The molecule has 26 valence electrons. The van der Waals surface area contributed by atoms with Gasteiger partial charge in [-0.05, 0) is 0 Å². The molecule has 4 heteroatoms. The zero-order valence-corrected chi connectivity index (χ0v) is 4.50. The van der Waals surface area contributed by atoms with E-state index in [-0.39, 0.29) is 40.9 Å². The van der Waals surface area contributed by atoms with Crippen LogP contribution in [0.25, 0.3) is 0 Å². The first kappa shape index (κ1) is 132. The van der Waals surface area contributed by atoms with Gasteiger partial charge in [0, 0.05) is 0 Å². The Balaban J connectivity index is 0. The van der Waals surface area contributed by atoms with E-state index in [2.05, 4.69) is 0 Å². The minimum absolute atomic E-state index is 0. The molecular weight excluding hydrogens is 170 g/mol. The second-order valence-corrected chi connectivity index (χ2v) is 0. The molecule has 0 saturated heterocycles. The van der Waals surface area contributed by atoms with Gasteiger partial charge in [-0.25, -0.2) is 0 Å². The number of hydrogen-bond acceptors (Lipinski definition) is 0. The predicted octanol–water partition coefficient (Wildman–Crippen LogP) is -2.85. The van der Waals surface area contributed by atoms with Crippen molar-refractivity contribution in [3.8, 4) is 0 Å². The van der Waals surface area contributed by atoms with Crippen LogP contribution < -0.4 is 0 Å². The van der Waals surface area contributed by atoms with E-state index in [9.17, 15) is 0 Å². The smallest absolute Gasteiger partial charge is 0.412 e. The molecule has 0 aromatic rings. The van der Waals surface area contributed by atoms with Crippen LogP contribution in [-0.2, 0) is 0 Å². The van der Waals surface area contributed by atoms with Crippen LogP contribution in [0.1, 0.15) is 0 Å². The molecule has 0 fully saturated rings. The van der Waals surface area contributed by atoms with Crippen LogP contribution in [-0.4, -0.2) is 40.9 Å². The number of hydrogen-bond donors (Lipinski definition) is 0. The zero-order valence-electron chi connectivity index (χ0n) is 1.95. The summed E-state index contributed by atoms with van der Waals surface area (Å²) < 4.78 is 0. The average molecular weight is 176 g/mol. The molecule has 3 nitrogen and oxygen atoms in total. The molecule has 0 bridgehead atoms. The van der Waals surface area contributed by atoms with Crippen molar-refractivity contribution < 1.29 is 16.4 Å². The Kier molecular flexibility index (Phi) is 1820. The molecule has 4 heavy (non-hydrogen) atoms. The Morgan fingerprint density at radius 3 is 0.500 bits per heavy atom. The van der Waals surface area contributed by atoms with E-state index in [0.717, 1.165) is 0 Å². The van der Waals surface area contributed by atoms with Gasteiger partial charge >= 0.3 is 24.4 Å². The summed E-state index contributed by atoms with van der Waals surface area (Å²) in [5.41, 5.74) is 0. The van der Waals surface area contributed by atoms with Gasteiger partial charge in [-0.1, -0.05) is 0 Å². The van der Waals surface area contributed by atoms with Gasteiger partial charge in [0.1, 0.15) is 0 Å². The summed E-state index contributed by atoms with van der Waals surface area (Å²) >= 11 is 0. The van der Waals surface area contributed by atoms with Crippen molar-refractivity contribution in [2.45, 2.75) is 0 Å². The molecule has 0 aromatic heterocycles. The summed E-state index contributed by atoms with van der Waals surface area (Å²) in [4.78, 5) is 0. The van der Waals surface area contributed by atoms with Crippen molar-refractivity contribution in [2.24, 2.45) is 0 Å². The van der Waals surface area contributed by atoms with Gasteiger partial charge in [0.15, 0.2) is 0 Å². The van der Waals surface area contributed by atoms with E-state index in [0.29, 0.717) is 0 Å². The first-order chi connectivity index (χ1) is 0. The van der Waals surface area contributed by atoms with Gasteiger partial charge in [0.05, 0.1) is 0 Å². The SMILES string of the molecule is O.O.O.[Sb+3]. The second kappa shape index (κ2) is 55.2. The Morgan fingerprint density at radius 2 is 0.500 bits per heavy atom. The molecule has 0 aromatic carbocycles. The molecule has 0 unspecified atom stereocenters. The zero-order chi connectivity index (χ0) is 0. The monoisotopic (exact) mass is 175 g/mol. The normalized spacial score (nSPS) is 0. The molecule has 0 atom stereocenters. The van der Waals surface area contributed by atoms with E-state index >= 15 is 0 Å². The summed E-state index contributed by atoms with van der Waals surface area (Å²) in [6, 6.07) is 0. The van der Waals surface area contributed by atoms with Crippen LogP contribution in [0.5, 0.6) is 0 Å². The molecule has 0 saturated carbocycles. The third-order valence-corrected chi connectivity index (χ3v) is 0. The standard InChI is InChI=1S/3H2O.Sb/h3*1H2;/q;;;+3. The summed E-state index contributed by atoms with van der Waals surface area (Å²) in [5, 5.41) is 0. The van der Waals surface area contributed by atoms with Gasteiger partial charge in [0.25, 0.3) is 0 Å². The fourth-order valence-corrected chi connectivity index (χ4v) is 0.